The molecule has 0 aliphatic carbocycles. The van der Waals surface area contributed by atoms with E-state index in [2.05, 4.69) is 38.2 Å². The van der Waals surface area contributed by atoms with Gasteiger partial charge in [0.2, 0.25) is 0 Å². The number of methoxy groups -OCH3 is 2. The smallest absolute Gasteiger partial charge is 0.161 e. The summed E-state index contributed by atoms with van der Waals surface area (Å²) in [5, 5.41) is 13.5. The zero-order valence-electron chi connectivity index (χ0n) is 17.8. The lowest BCUT2D eigenvalue weighted by Crippen LogP contribution is -2.31. The highest BCUT2D eigenvalue weighted by Crippen LogP contribution is 2.28. The molecule has 0 amide bonds. The van der Waals surface area contributed by atoms with Crippen LogP contribution >= 0.6 is 0 Å². The Morgan fingerprint density at radius 1 is 0.964 bits per heavy atom. The quantitative estimate of drug-likeness (QED) is 0.685. The number of aliphatic hydroxyl groups excluding tert-OH is 1. The Morgan fingerprint density at radius 3 is 2.25 bits per heavy atom. The summed E-state index contributed by atoms with van der Waals surface area (Å²) in [6.45, 7) is 9.91. The minimum absolute atomic E-state index is 0.108. The molecule has 2 N–H and O–H groups in total. The fourth-order valence-corrected chi connectivity index (χ4v) is 2.90. The average molecular weight is 388 g/mol. The normalized spacial score (nSPS) is 12.5. The van der Waals surface area contributed by atoms with Gasteiger partial charge in [-0.3, -0.25) is 0 Å². The molecule has 5 heteroatoms. The van der Waals surface area contributed by atoms with Crippen LogP contribution in [0, 0.1) is 6.92 Å². The Kier molecular flexibility index (Phi) is 7.72. The molecular weight excluding hydrogens is 354 g/mol. The molecule has 28 heavy (non-hydrogen) atoms. The Balaban J connectivity index is 1.81. The topological polar surface area (TPSA) is 60.0 Å². The Hall–Kier alpha value is -2.24. The van der Waals surface area contributed by atoms with Gasteiger partial charge in [-0.15, -0.1) is 0 Å². The van der Waals surface area contributed by atoms with E-state index >= 15 is 0 Å². The molecule has 0 fully saturated rings. The zero-order valence-corrected chi connectivity index (χ0v) is 17.8. The summed E-state index contributed by atoms with van der Waals surface area (Å²) >= 11 is 0. The SMILES string of the molecule is COc1ccc(CNC[C@H](O)COc2ccc(C(C)(C)C)cc2C)cc1OC. The van der Waals surface area contributed by atoms with Crippen molar-refractivity contribution in [3.05, 3.63) is 53.1 Å². The standard InChI is InChI=1S/C23H33NO4/c1-16-11-18(23(2,3)4)8-10-20(16)28-15-19(25)14-24-13-17-7-9-21(26-5)22(12-17)27-6/h7-12,19,24-25H,13-15H2,1-6H3/t19-/m0/s1. The van der Waals surface area contributed by atoms with E-state index in [4.69, 9.17) is 14.2 Å². The van der Waals surface area contributed by atoms with Gasteiger partial charge in [0.05, 0.1) is 14.2 Å². The van der Waals surface area contributed by atoms with E-state index in [0.29, 0.717) is 24.6 Å². The molecular formula is C23H33NO4. The molecule has 0 aliphatic rings. The van der Waals surface area contributed by atoms with E-state index in [1.807, 2.05) is 31.2 Å². The van der Waals surface area contributed by atoms with E-state index in [-0.39, 0.29) is 12.0 Å². The lowest BCUT2D eigenvalue weighted by Gasteiger charge is -2.21. The van der Waals surface area contributed by atoms with Crippen LogP contribution in [0.1, 0.15) is 37.5 Å². The molecule has 0 unspecified atom stereocenters. The Morgan fingerprint density at radius 2 is 1.64 bits per heavy atom. The van der Waals surface area contributed by atoms with Gasteiger partial charge in [0.15, 0.2) is 11.5 Å². The van der Waals surface area contributed by atoms with Crippen LogP contribution in [-0.4, -0.2) is 38.6 Å². The summed E-state index contributed by atoms with van der Waals surface area (Å²) in [5.41, 5.74) is 3.52. The van der Waals surface area contributed by atoms with Gasteiger partial charge in [-0.1, -0.05) is 39.0 Å². The van der Waals surface area contributed by atoms with E-state index in [0.717, 1.165) is 16.9 Å². The molecule has 2 aromatic carbocycles. The first-order chi connectivity index (χ1) is 13.2. The van der Waals surface area contributed by atoms with Gasteiger partial charge in [-0.25, -0.2) is 0 Å². The van der Waals surface area contributed by atoms with Gasteiger partial charge in [0.25, 0.3) is 0 Å². The van der Waals surface area contributed by atoms with Crippen LogP contribution in [0.4, 0.5) is 0 Å². The number of hydrogen-bond acceptors (Lipinski definition) is 5. The van der Waals surface area contributed by atoms with E-state index in [1.54, 1.807) is 14.2 Å². The van der Waals surface area contributed by atoms with Gasteiger partial charge < -0.3 is 24.6 Å². The lowest BCUT2D eigenvalue weighted by molar-refractivity contribution is 0.106. The first-order valence-electron chi connectivity index (χ1n) is 9.58. The van der Waals surface area contributed by atoms with E-state index in [1.165, 1.54) is 5.56 Å². The number of aryl methyl sites for hydroxylation is 1. The fraction of sp³-hybridized carbons (Fsp3) is 0.478. The van der Waals surface area contributed by atoms with Crippen LogP contribution in [0.3, 0.4) is 0 Å². The first kappa shape index (κ1) is 22.1. The number of rotatable bonds is 9. The second kappa shape index (κ2) is 9.80. The van der Waals surface area contributed by atoms with Gasteiger partial charge >= 0.3 is 0 Å². The van der Waals surface area contributed by atoms with Crippen molar-refractivity contribution < 1.29 is 19.3 Å². The Bertz CT molecular complexity index is 768. The number of nitrogens with one attached hydrogen (secondary N) is 1. The molecule has 0 saturated carbocycles. The highest BCUT2D eigenvalue weighted by atomic mass is 16.5. The molecule has 1 atom stereocenters. The average Bonchev–Trinajstić information content (AvgIpc) is 2.66. The Labute approximate surface area is 168 Å². The predicted molar refractivity (Wildman–Crippen MR) is 113 cm³/mol. The number of hydrogen-bond donors (Lipinski definition) is 2. The second-order valence-corrected chi connectivity index (χ2v) is 8.02. The maximum atomic E-state index is 10.2. The van der Waals surface area contributed by atoms with Crippen LogP contribution in [-0.2, 0) is 12.0 Å². The maximum Gasteiger partial charge on any atom is 0.161 e. The summed E-state index contributed by atoms with van der Waals surface area (Å²) in [6, 6.07) is 12.0. The molecule has 0 aliphatic heterocycles. The molecule has 0 saturated heterocycles. The molecule has 0 bridgehead atoms. The van der Waals surface area contributed by atoms with Crippen LogP contribution < -0.4 is 19.5 Å². The monoisotopic (exact) mass is 387 g/mol. The number of ether oxygens (including phenoxy) is 3. The van der Waals surface area contributed by atoms with Gasteiger partial charge in [-0.05, 0) is 47.2 Å². The second-order valence-electron chi connectivity index (χ2n) is 8.02. The molecule has 0 heterocycles. The predicted octanol–water partition coefficient (Wildman–Crippen LogP) is 3.84. The van der Waals surface area contributed by atoms with Crippen molar-refractivity contribution in [3.63, 3.8) is 0 Å². The van der Waals surface area contributed by atoms with Crippen LogP contribution in [0.5, 0.6) is 17.2 Å². The van der Waals surface area contributed by atoms with Gasteiger partial charge in [0.1, 0.15) is 18.5 Å². The molecule has 0 spiro atoms. The summed E-state index contributed by atoms with van der Waals surface area (Å²) in [6.07, 6.45) is -0.596. The third-order valence-electron chi connectivity index (χ3n) is 4.63. The van der Waals surface area contributed by atoms with Gasteiger partial charge in [-0.2, -0.15) is 0 Å². The number of aliphatic hydroxyl groups is 1. The minimum Gasteiger partial charge on any atom is -0.493 e. The van der Waals surface area contributed by atoms with E-state index in [9.17, 15) is 5.11 Å². The van der Waals surface area contributed by atoms with Crippen LogP contribution in [0.15, 0.2) is 36.4 Å². The van der Waals surface area contributed by atoms with Crippen molar-refractivity contribution >= 4 is 0 Å². The first-order valence-corrected chi connectivity index (χ1v) is 9.58. The summed E-state index contributed by atoms with van der Waals surface area (Å²) in [5.74, 6) is 2.21. The van der Waals surface area contributed by atoms with Crippen molar-refractivity contribution in [1.29, 1.82) is 0 Å². The van der Waals surface area contributed by atoms with E-state index < -0.39 is 6.10 Å². The zero-order chi connectivity index (χ0) is 20.7. The summed E-state index contributed by atoms with van der Waals surface area (Å²) in [7, 11) is 3.23. The minimum atomic E-state index is -0.596. The summed E-state index contributed by atoms with van der Waals surface area (Å²) < 4.78 is 16.4. The van der Waals surface area contributed by atoms with Crippen LogP contribution in [0.2, 0.25) is 0 Å². The van der Waals surface area contributed by atoms with Crippen LogP contribution in [0.25, 0.3) is 0 Å². The van der Waals surface area contributed by atoms with Crippen molar-refractivity contribution in [2.24, 2.45) is 0 Å². The maximum absolute atomic E-state index is 10.2. The molecule has 0 aromatic heterocycles. The third kappa shape index (κ3) is 6.14. The fourth-order valence-electron chi connectivity index (χ4n) is 2.90. The van der Waals surface area contributed by atoms with Crippen molar-refractivity contribution in [1.82, 2.24) is 5.32 Å². The lowest BCUT2D eigenvalue weighted by atomic mass is 9.86. The third-order valence-corrected chi connectivity index (χ3v) is 4.63. The largest absolute Gasteiger partial charge is 0.493 e. The summed E-state index contributed by atoms with van der Waals surface area (Å²) in [4.78, 5) is 0. The van der Waals surface area contributed by atoms with Crippen molar-refractivity contribution in [2.45, 2.75) is 45.8 Å². The number of benzene rings is 2. The molecule has 2 rings (SSSR count). The molecule has 5 nitrogen and oxygen atoms in total. The highest BCUT2D eigenvalue weighted by molar-refractivity contribution is 5.43. The molecule has 2 aromatic rings. The molecule has 154 valence electrons. The molecule has 0 radical (unpaired) electrons. The van der Waals surface area contributed by atoms with Gasteiger partial charge in [0, 0.05) is 13.1 Å². The van der Waals surface area contributed by atoms with Crippen molar-refractivity contribution in [2.75, 3.05) is 27.4 Å². The highest BCUT2D eigenvalue weighted by Gasteiger charge is 2.15. The van der Waals surface area contributed by atoms with Crippen molar-refractivity contribution in [3.8, 4) is 17.2 Å².